The molecule has 2 rings (SSSR count). The lowest BCUT2D eigenvalue weighted by Crippen LogP contribution is -2.01. The summed E-state index contributed by atoms with van der Waals surface area (Å²) in [5.41, 5.74) is 1.77. The minimum Gasteiger partial charge on any atom is -0.465 e. The first-order chi connectivity index (χ1) is 8.69. The molecule has 90 valence electrons. The summed E-state index contributed by atoms with van der Waals surface area (Å²) in [6, 6.07) is 1.64. The summed E-state index contributed by atoms with van der Waals surface area (Å²) >= 11 is 1.55. The summed E-state index contributed by atoms with van der Waals surface area (Å²) in [6.07, 6.45) is 3.04. The largest absolute Gasteiger partial charge is 0.465 e. The highest BCUT2D eigenvalue weighted by Crippen LogP contribution is 2.07. The number of hydrogen-bond acceptors (Lipinski definition) is 5. The van der Waals surface area contributed by atoms with Gasteiger partial charge in [-0.3, -0.25) is 4.98 Å². The van der Waals surface area contributed by atoms with Gasteiger partial charge >= 0.3 is 5.97 Å². The molecule has 0 bridgehead atoms. The van der Waals surface area contributed by atoms with Crippen LogP contribution < -0.4 is 0 Å². The monoisotopic (exact) mass is 258 g/mol. The van der Waals surface area contributed by atoms with E-state index in [0.29, 0.717) is 11.1 Å². The van der Waals surface area contributed by atoms with Gasteiger partial charge in [0.15, 0.2) is 0 Å². The van der Waals surface area contributed by atoms with Gasteiger partial charge in [0, 0.05) is 23.3 Å². The van der Waals surface area contributed by atoms with Crippen LogP contribution in [0.2, 0.25) is 0 Å². The zero-order chi connectivity index (χ0) is 13.0. The van der Waals surface area contributed by atoms with Gasteiger partial charge in [-0.2, -0.15) is 0 Å². The average Bonchev–Trinajstić information content (AvgIpc) is 2.81. The molecule has 0 N–H and O–H groups in total. The zero-order valence-electron chi connectivity index (χ0n) is 9.93. The molecule has 0 saturated carbocycles. The summed E-state index contributed by atoms with van der Waals surface area (Å²) < 4.78 is 4.62. The van der Waals surface area contributed by atoms with Gasteiger partial charge in [-0.25, -0.2) is 9.78 Å². The summed E-state index contributed by atoms with van der Waals surface area (Å²) in [6.45, 7) is 1.93. The molecule has 0 aliphatic carbocycles. The van der Waals surface area contributed by atoms with Crippen molar-refractivity contribution in [1.82, 2.24) is 9.97 Å². The Morgan fingerprint density at radius 1 is 1.39 bits per heavy atom. The highest BCUT2D eigenvalue weighted by Gasteiger charge is 2.05. The van der Waals surface area contributed by atoms with Crippen molar-refractivity contribution in [3.63, 3.8) is 0 Å². The maximum Gasteiger partial charge on any atom is 0.339 e. The Bertz CT molecular complexity index is 638. The van der Waals surface area contributed by atoms with E-state index in [9.17, 15) is 4.79 Å². The minimum atomic E-state index is -0.421. The average molecular weight is 258 g/mol. The van der Waals surface area contributed by atoms with Crippen LogP contribution in [0.1, 0.15) is 26.6 Å². The predicted octanol–water partition coefficient (Wildman–Crippen LogP) is 2.03. The Morgan fingerprint density at radius 2 is 2.22 bits per heavy atom. The molecule has 4 nitrogen and oxygen atoms in total. The molecule has 0 unspecified atom stereocenters. The van der Waals surface area contributed by atoms with Gasteiger partial charge in [-0.1, -0.05) is 5.92 Å². The number of ether oxygens (including phenoxy) is 1. The third-order valence-electron chi connectivity index (χ3n) is 2.11. The van der Waals surface area contributed by atoms with Crippen molar-refractivity contribution >= 4 is 17.3 Å². The minimum absolute atomic E-state index is 0.388. The van der Waals surface area contributed by atoms with Crippen LogP contribution in [-0.2, 0) is 4.74 Å². The smallest absolute Gasteiger partial charge is 0.339 e. The van der Waals surface area contributed by atoms with Crippen LogP contribution in [0.3, 0.4) is 0 Å². The van der Waals surface area contributed by atoms with Gasteiger partial charge in [-0.05, 0) is 18.9 Å². The number of aromatic nitrogens is 2. The summed E-state index contributed by atoms with van der Waals surface area (Å²) in [5, 5.41) is 2.86. The van der Waals surface area contributed by atoms with Crippen LogP contribution >= 0.6 is 11.3 Å². The van der Waals surface area contributed by atoms with E-state index in [2.05, 4.69) is 26.5 Å². The fraction of sp³-hybridized carbons (Fsp3) is 0.154. The van der Waals surface area contributed by atoms with Gasteiger partial charge < -0.3 is 4.74 Å². The van der Waals surface area contributed by atoms with Crippen LogP contribution in [0.25, 0.3) is 0 Å². The number of esters is 1. The number of pyridine rings is 1. The molecule has 0 spiro atoms. The molecule has 0 radical (unpaired) electrons. The second-order valence-electron chi connectivity index (χ2n) is 3.46. The second kappa shape index (κ2) is 5.43. The lowest BCUT2D eigenvalue weighted by atomic mass is 10.2. The quantitative estimate of drug-likeness (QED) is 0.580. The molecule has 0 saturated heterocycles. The SMILES string of the molecule is COC(=O)c1cncc(C#Cc2csc(C)n2)c1. The maximum atomic E-state index is 11.3. The van der Waals surface area contributed by atoms with Crippen molar-refractivity contribution in [2.75, 3.05) is 7.11 Å². The third kappa shape index (κ3) is 2.93. The Labute approximate surface area is 109 Å². The van der Waals surface area contributed by atoms with E-state index < -0.39 is 5.97 Å². The van der Waals surface area contributed by atoms with Crippen molar-refractivity contribution in [2.24, 2.45) is 0 Å². The predicted molar refractivity (Wildman–Crippen MR) is 68.4 cm³/mol. The van der Waals surface area contributed by atoms with Crippen molar-refractivity contribution in [2.45, 2.75) is 6.92 Å². The van der Waals surface area contributed by atoms with Crippen molar-refractivity contribution < 1.29 is 9.53 Å². The number of nitrogens with zero attached hydrogens (tertiary/aromatic N) is 2. The number of rotatable bonds is 1. The molecule has 2 aromatic heterocycles. The van der Waals surface area contributed by atoms with Gasteiger partial charge in [0.05, 0.1) is 17.7 Å². The van der Waals surface area contributed by atoms with Gasteiger partial charge in [0.1, 0.15) is 5.69 Å². The molecule has 2 aromatic rings. The van der Waals surface area contributed by atoms with Crippen molar-refractivity contribution in [3.05, 3.63) is 45.7 Å². The van der Waals surface area contributed by atoms with Crippen LogP contribution in [-0.4, -0.2) is 23.0 Å². The van der Waals surface area contributed by atoms with Crippen LogP contribution in [0, 0.1) is 18.8 Å². The van der Waals surface area contributed by atoms with Crippen LogP contribution in [0.5, 0.6) is 0 Å². The number of aryl methyl sites for hydroxylation is 1. The van der Waals surface area contributed by atoms with Crippen LogP contribution in [0.4, 0.5) is 0 Å². The molecule has 18 heavy (non-hydrogen) atoms. The first-order valence-corrected chi connectivity index (χ1v) is 6.04. The third-order valence-corrected chi connectivity index (χ3v) is 2.89. The molecule has 0 aliphatic rings. The van der Waals surface area contributed by atoms with E-state index in [-0.39, 0.29) is 0 Å². The first-order valence-electron chi connectivity index (χ1n) is 5.16. The fourth-order valence-corrected chi connectivity index (χ4v) is 1.84. The molecular formula is C13H10N2O2S. The Kier molecular flexibility index (Phi) is 3.70. The molecule has 0 fully saturated rings. The summed E-state index contributed by atoms with van der Waals surface area (Å²) in [5.74, 6) is 5.42. The topological polar surface area (TPSA) is 52.1 Å². The van der Waals surface area contributed by atoms with E-state index in [1.54, 1.807) is 23.6 Å². The lowest BCUT2D eigenvalue weighted by Gasteiger charge is -1.97. The Balaban J connectivity index is 2.25. The van der Waals surface area contributed by atoms with Gasteiger partial charge in [0.2, 0.25) is 0 Å². The molecule has 0 aromatic carbocycles. The Morgan fingerprint density at radius 3 is 2.89 bits per heavy atom. The number of carbonyl (C=O) groups excluding carboxylic acids is 1. The van der Waals surface area contributed by atoms with E-state index in [4.69, 9.17) is 0 Å². The standard InChI is InChI=1S/C13H10N2O2S/c1-9-15-12(8-18-9)4-3-10-5-11(7-14-6-10)13(16)17-2/h5-8H,1-2H3. The normalized spacial score (nSPS) is 9.44. The number of carbonyl (C=O) groups is 1. The summed E-state index contributed by atoms with van der Waals surface area (Å²) in [4.78, 5) is 19.5. The fourth-order valence-electron chi connectivity index (χ4n) is 1.29. The summed E-state index contributed by atoms with van der Waals surface area (Å²) in [7, 11) is 1.33. The zero-order valence-corrected chi connectivity index (χ0v) is 10.7. The van der Waals surface area contributed by atoms with E-state index >= 15 is 0 Å². The maximum absolute atomic E-state index is 11.3. The molecule has 0 atom stereocenters. The van der Waals surface area contributed by atoms with Gasteiger partial charge in [-0.15, -0.1) is 11.3 Å². The molecule has 0 aliphatic heterocycles. The Hall–Kier alpha value is -2.19. The number of methoxy groups -OCH3 is 1. The molecule has 0 amide bonds. The van der Waals surface area contributed by atoms with Crippen molar-refractivity contribution in [1.29, 1.82) is 0 Å². The van der Waals surface area contributed by atoms with Crippen LogP contribution in [0.15, 0.2) is 23.8 Å². The van der Waals surface area contributed by atoms with E-state index in [1.807, 2.05) is 12.3 Å². The number of hydrogen-bond donors (Lipinski definition) is 0. The van der Waals surface area contributed by atoms with Crippen molar-refractivity contribution in [3.8, 4) is 11.8 Å². The van der Waals surface area contributed by atoms with E-state index in [0.717, 1.165) is 10.7 Å². The lowest BCUT2D eigenvalue weighted by molar-refractivity contribution is 0.0600. The molecular weight excluding hydrogens is 248 g/mol. The van der Waals surface area contributed by atoms with E-state index in [1.165, 1.54) is 13.3 Å². The molecule has 2 heterocycles. The highest BCUT2D eigenvalue weighted by molar-refractivity contribution is 7.09. The molecule has 5 heteroatoms. The first kappa shape index (κ1) is 12.3. The number of thiazole rings is 1. The second-order valence-corrected chi connectivity index (χ2v) is 4.52. The highest BCUT2D eigenvalue weighted by atomic mass is 32.1. The van der Waals surface area contributed by atoms with Gasteiger partial charge in [0.25, 0.3) is 0 Å².